The molecule has 3 nitrogen and oxygen atoms in total. The maximum absolute atomic E-state index is 11.8. The number of nitrogens with zero attached hydrogens (tertiary/aromatic N) is 2. The van der Waals surface area contributed by atoms with Gasteiger partial charge >= 0.3 is 0 Å². The molecule has 2 aromatic rings. The van der Waals surface area contributed by atoms with Crippen molar-refractivity contribution in [2.75, 3.05) is 26.2 Å². The fourth-order valence-electron chi connectivity index (χ4n) is 2.97. The van der Waals surface area contributed by atoms with Gasteiger partial charge in [-0.25, -0.2) is 0 Å². The molecule has 112 valence electrons. The highest BCUT2D eigenvalue weighted by atomic mass is 16.2. The molecule has 0 saturated carbocycles. The Balaban J connectivity index is 1.67. The average Bonchev–Trinajstić information content (AvgIpc) is 2.56. The second kappa shape index (κ2) is 6.64. The number of carbonyl (C=O) groups excluding carboxylic acids is 1. The van der Waals surface area contributed by atoms with Crippen molar-refractivity contribution in [3.05, 3.63) is 48.0 Å². The number of benzene rings is 2. The van der Waals surface area contributed by atoms with E-state index in [4.69, 9.17) is 0 Å². The van der Waals surface area contributed by atoms with Crippen molar-refractivity contribution in [3.8, 4) is 11.8 Å². The third-order valence-electron chi connectivity index (χ3n) is 4.17. The molecule has 3 rings (SSSR count). The van der Waals surface area contributed by atoms with Gasteiger partial charge < -0.3 is 4.90 Å². The van der Waals surface area contributed by atoms with Crippen LogP contribution in [0.15, 0.2) is 42.5 Å². The van der Waals surface area contributed by atoms with E-state index in [0.717, 1.165) is 32.7 Å². The number of hydrogen-bond donors (Lipinski definition) is 0. The minimum atomic E-state index is -0.0488. The molecular weight excluding hydrogens is 272 g/mol. The smallest absolute Gasteiger partial charge is 0.298 e. The van der Waals surface area contributed by atoms with E-state index in [2.05, 4.69) is 59.2 Å². The van der Waals surface area contributed by atoms with Crippen molar-refractivity contribution in [1.29, 1.82) is 0 Å². The zero-order chi connectivity index (χ0) is 15.4. The van der Waals surface area contributed by atoms with Crippen molar-refractivity contribution in [2.45, 2.75) is 13.5 Å². The third kappa shape index (κ3) is 3.13. The predicted octanol–water partition coefficient (Wildman–Crippen LogP) is 2.51. The molecule has 2 aromatic carbocycles. The van der Waals surface area contributed by atoms with Gasteiger partial charge in [-0.2, -0.15) is 0 Å². The quantitative estimate of drug-likeness (QED) is 0.794. The number of rotatable bonds is 2. The Morgan fingerprint density at radius 1 is 1.05 bits per heavy atom. The Labute approximate surface area is 131 Å². The molecule has 3 heteroatoms. The lowest BCUT2D eigenvalue weighted by atomic mass is 10.0. The molecule has 0 aromatic heterocycles. The average molecular weight is 292 g/mol. The number of amides is 1. The van der Waals surface area contributed by atoms with Gasteiger partial charge in [0.15, 0.2) is 0 Å². The lowest BCUT2D eigenvalue weighted by Gasteiger charge is -2.33. The highest BCUT2D eigenvalue weighted by Gasteiger charge is 2.20. The van der Waals surface area contributed by atoms with Crippen LogP contribution in [-0.2, 0) is 11.3 Å². The standard InChI is InChI=1S/C19H20N2O/c1-2-6-19(22)21-13-11-20(12-14-21)15-17-9-5-8-16-7-3-4-10-18(16)17/h3-5,7-10H,11-15H2,1H3. The summed E-state index contributed by atoms with van der Waals surface area (Å²) in [6.07, 6.45) is 0. The molecule has 0 bridgehead atoms. The third-order valence-corrected chi connectivity index (χ3v) is 4.17. The zero-order valence-corrected chi connectivity index (χ0v) is 12.9. The van der Waals surface area contributed by atoms with Gasteiger partial charge in [0.1, 0.15) is 0 Å². The first-order chi connectivity index (χ1) is 10.8. The molecular formula is C19H20N2O. The SMILES string of the molecule is CC#CC(=O)N1CCN(Cc2cccc3ccccc23)CC1. The molecule has 1 aliphatic heterocycles. The van der Waals surface area contributed by atoms with Gasteiger partial charge in [0.05, 0.1) is 0 Å². The molecule has 1 heterocycles. The van der Waals surface area contributed by atoms with E-state index in [1.807, 2.05) is 4.90 Å². The molecule has 0 spiro atoms. The second-order valence-electron chi connectivity index (χ2n) is 5.58. The van der Waals surface area contributed by atoms with Crippen LogP contribution < -0.4 is 0 Å². The van der Waals surface area contributed by atoms with E-state index in [-0.39, 0.29) is 5.91 Å². The lowest BCUT2D eigenvalue weighted by molar-refractivity contribution is -0.126. The first-order valence-corrected chi connectivity index (χ1v) is 7.68. The highest BCUT2D eigenvalue weighted by molar-refractivity contribution is 5.93. The van der Waals surface area contributed by atoms with Gasteiger partial charge in [0.25, 0.3) is 5.91 Å². The molecule has 1 saturated heterocycles. The maximum atomic E-state index is 11.8. The number of piperazine rings is 1. The van der Waals surface area contributed by atoms with Crippen molar-refractivity contribution in [1.82, 2.24) is 9.80 Å². The summed E-state index contributed by atoms with van der Waals surface area (Å²) in [6, 6.07) is 15.0. The summed E-state index contributed by atoms with van der Waals surface area (Å²) in [5.74, 6) is 5.25. The molecule has 1 fully saturated rings. The summed E-state index contributed by atoms with van der Waals surface area (Å²) >= 11 is 0. The second-order valence-corrected chi connectivity index (χ2v) is 5.58. The Bertz CT molecular complexity index is 728. The highest BCUT2D eigenvalue weighted by Crippen LogP contribution is 2.20. The topological polar surface area (TPSA) is 23.6 Å². The molecule has 22 heavy (non-hydrogen) atoms. The molecule has 0 atom stereocenters. The fraction of sp³-hybridized carbons (Fsp3) is 0.316. The molecule has 0 unspecified atom stereocenters. The van der Waals surface area contributed by atoms with Gasteiger partial charge in [-0.1, -0.05) is 48.4 Å². The van der Waals surface area contributed by atoms with E-state index < -0.39 is 0 Å². The Morgan fingerprint density at radius 2 is 1.77 bits per heavy atom. The van der Waals surface area contributed by atoms with E-state index in [9.17, 15) is 4.79 Å². The first-order valence-electron chi connectivity index (χ1n) is 7.68. The van der Waals surface area contributed by atoms with Crippen molar-refractivity contribution < 1.29 is 4.79 Å². The summed E-state index contributed by atoms with van der Waals surface area (Å²) in [5, 5.41) is 2.60. The lowest BCUT2D eigenvalue weighted by Crippen LogP contribution is -2.47. The maximum Gasteiger partial charge on any atom is 0.298 e. The Kier molecular flexibility index (Phi) is 4.41. The van der Waals surface area contributed by atoms with E-state index in [1.54, 1.807) is 6.92 Å². The summed E-state index contributed by atoms with van der Waals surface area (Å²) in [6.45, 7) is 5.97. The largest absolute Gasteiger partial charge is 0.329 e. The summed E-state index contributed by atoms with van der Waals surface area (Å²) in [7, 11) is 0. The normalized spacial score (nSPS) is 15.4. The van der Waals surface area contributed by atoms with E-state index >= 15 is 0 Å². The summed E-state index contributed by atoms with van der Waals surface area (Å²) in [4.78, 5) is 16.0. The van der Waals surface area contributed by atoms with Crippen LogP contribution >= 0.6 is 0 Å². The van der Waals surface area contributed by atoms with Crippen LogP contribution in [0, 0.1) is 11.8 Å². The van der Waals surface area contributed by atoms with Crippen molar-refractivity contribution in [3.63, 3.8) is 0 Å². The Hall–Kier alpha value is -2.31. The van der Waals surface area contributed by atoms with Crippen molar-refractivity contribution >= 4 is 16.7 Å². The van der Waals surface area contributed by atoms with Crippen LogP contribution in [0.25, 0.3) is 10.8 Å². The van der Waals surface area contributed by atoms with Crippen LogP contribution in [0.2, 0.25) is 0 Å². The van der Waals surface area contributed by atoms with Gasteiger partial charge in [-0.15, -0.1) is 0 Å². The van der Waals surface area contributed by atoms with E-state index in [0.29, 0.717) is 0 Å². The van der Waals surface area contributed by atoms with Gasteiger partial charge in [-0.05, 0) is 29.2 Å². The van der Waals surface area contributed by atoms with Gasteiger partial charge in [0, 0.05) is 32.7 Å². The van der Waals surface area contributed by atoms with Gasteiger partial charge in [0.2, 0.25) is 0 Å². The van der Waals surface area contributed by atoms with Crippen LogP contribution in [0.4, 0.5) is 0 Å². The minimum absolute atomic E-state index is 0.0488. The van der Waals surface area contributed by atoms with Crippen LogP contribution in [0.5, 0.6) is 0 Å². The van der Waals surface area contributed by atoms with Crippen molar-refractivity contribution in [2.24, 2.45) is 0 Å². The van der Waals surface area contributed by atoms with Crippen LogP contribution in [0.3, 0.4) is 0 Å². The molecule has 1 aliphatic rings. The first kappa shape index (κ1) is 14.6. The summed E-state index contributed by atoms with van der Waals surface area (Å²) in [5.41, 5.74) is 1.35. The number of hydrogen-bond acceptors (Lipinski definition) is 2. The zero-order valence-electron chi connectivity index (χ0n) is 12.9. The molecule has 1 amide bonds. The molecule has 0 N–H and O–H groups in total. The molecule has 0 radical (unpaired) electrons. The molecule has 0 aliphatic carbocycles. The van der Waals surface area contributed by atoms with Crippen LogP contribution in [-0.4, -0.2) is 41.9 Å². The van der Waals surface area contributed by atoms with Gasteiger partial charge in [-0.3, -0.25) is 9.69 Å². The number of fused-ring (bicyclic) bond motifs is 1. The number of carbonyl (C=O) groups is 1. The van der Waals surface area contributed by atoms with E-state index in [1.165, 1.54) is 16.3 Å². The fourth-order valence-corrected chi connectivity index (χ4v) is 2.97. The monoisotopic (exact) mass is 292 g/mol. The summed E-state index contributed by atoms with van der Waals surface area (Å²) < 4.78 is 0. The Morgan fingerprint density at radius 3 is 2.55 bits per heavy atom. The predicted molar refractivity (Wildman–Crippen MR) is 89.3 cm³/mol. The van der Waals surface area contributed by atoms with Crippen LogP contribution in [0.1, 0.15) is 12.5 Å². The minimum Gasteiger partial charge on any atom is -0.329 e.